The van der Waals surface area contributed by atoms with E-state index in [2.05, 4.69) is 10.3 Å². The van der Waals surface area contributed by atoms with Crippen LogP contribution >= 0.6 is 0 Å². The van der Waals surface area contributed by atoms with Crippen molar-refractivity contribution in [1.82, 2.24) is 10.3 Å². The molecule has 1 saturated heterocycles. The summed E-state index contributed by atoms with van der Waals surface area (Å²) in [6.07, 6.45) is 1.81. The second kappa shape index (κ2) is 7.20. The van der Waals surface area contributed by atoms with Crippen LogP contribution in [0.1, 0.15) is 55.1 Å². The molecule has 3 rings (SSSR count). The number of rotatable bonds is 8. The van der Waals surface area contributed by atoms with Crippen LogP contribution in [0.2, 0.25) is 0 Å². The van der Waals surface area contributed by atoms with Gasteiger partial charge in [0.2, 0.25) is 5.91 Å². The Labute approximate surface area is 158 Å². The van der Waals surface area contributed by atoms with Crippen molar-refractivity contribution >= 4 is 21.7 Å². The number of primary amides is 1. The minimum Gasteiger partial charge on any atom is -0.376 e. The molecule has 1 aromatic heterocycles. The van der Waals surface area contributed by atoms with Crippen molar-refractivity contribution in [2.45, 2.75) is 49.6 Å². The monoisotopic (exact) mass is 395 g/mol. The number of nitrogens with zero attached hydrogens (tertiary/aromatic N) is 1. The van der Waals surface area contributed by atoms with Gasteiger partial charge in [0.1, 0.15) is 5.69 Å². The Morgan fingerprint density at radius 1 is 1.33 bits per heavy atom. The minimum absolute atomic E-state index is 0.000149. The highest BCUT2D eigenvalue weighted by molar-refractivity contribution is 7.91. The van der Waals surface area contributed by atoms with Gasteiger partial charge in [0.15, 0.2) is 14.9 Å². The predicted octanol–water partition coefficient (Wildman–Crippen LogP) is 0.763. The number of sulfone groups is 1. The molecule has 0 spiro atoms. The van der Waals surface area contributed by atoms with Crippen LogP contribution in [0.25, 0.3) is 0 Å². The fourth-order valence-corrected chi connectivity index (χ4v) is 5.12. The first-order valence-corrected chi connectivity index (χ1v) is 10.7. The van der Waals surface area contributed by atoms with Crippen LogP contribution in [0.5, 0.6) is 0 Å². The van der Waals surface area contributed by atoms with Crippen LogP contribution in [0.3, 0.4) is 0 Å². The number of aromatic nitrogens is 1. The molecule has 0 atom stereocenters. The molecule has 1 aliphatic carbocycles. The van der Waals surface area contributed by atoms with E-state index in [0.717, 1.165) is 12.8 Å². The van der Waals surface area contributed by atoms with Crippen molar-refractivity contribution in [2.24, 2.45) is 11.7 Å². The van der Waals surface area contributed by atoms with E-state index in [1.807, 2.05) is 13.8 Å². The normalized spacial score (nSPS) is 18.8. The van der Waals surface area contributed by atoms with Crippen molar-refractivity contribution in [3.63, 3.8) is 0 Å². The highest BCUT2D eigenvalue weighted by Gasteiger charge is 2.42. The van der Waals surface area contributed by atoms with Gasteiger partial charge in [-0.15, -0.1) is 0 Å². The van der Waals surface area contributed by atoms with Crippen LogP contribution in [-0.4, -0.2) is 49.7 Å². The fourth-order valence-electron chi connectivity index (χ4n) is 3.25. The fraction of sp³-hybridized carbons (Fsp3) is 0.611. The summed E-state index contributed by atoms with van der Waals surface area (Å²) in [5, 5.41) is 2.74. The number of hydrogen-bond donors (Lipinski definition) is 2. The van der Waals surface area contributed by atoms with E-state index < -0.39 is 27.2 Å². The maximum atomic E-state index is 12.8. The molecule has 1 aromatic rings. The number of carbonyl (C=O) groups excluding carboxylic acids is 2. The zero-order valence-electron chi connectivity index (χ0n) is 15.5. The SMILES string of the molecule is CC(C)CS(=O)(=O)c1nc(C(=O)NC2(CC(N)=O)COC2)ccc1C1CC1. The lowest BCUT2D eigenvalue weighted by molar-refractivity contribution is -0.127. The number of nitrogens with two attached hydrogens (primary N) is 1. The highest BCUT2D eigenvalue weighted by Crippen LogP contribution is 2.42. The summed E-state index contributed by atoms with van der Waals surface area (Å²) < 4.78 is 30.7. The molecule has 0 bridgehead atoms. The Morgan fingerprint density at radius 3 is 2.48 bits per heavy atom. The maximum absolute atomic E-state index is 12.8. The van der Waals surface area contributed by atoms with Crippen molar-refractivity contribution in [3.8, 4) is 0 Å². The molecule has 2 amide bonds. The lowest BCUT2D eigenvalue weighted by atomic mass is 9.92. The number of nitrogens with one attached hydrogen (secondary N) is 1. The molecule has 2 fully saturated rings. The Hall–Kier alpha value is -2.00. The quantitative estimate of drug-likeness (QED) is 0.669. The van der Waals surface area contributed by atoms with E-state index in [0.29, 0.717) is 5.56 Å². The Bertz CT molecular complexity index is 858. The smallest absolute Gasteiger partial charge is 0.270 e. The average molecular weight is 395 g/mol. The summed E-state index contributed by atoms with van der Waals surface area (Å²) in [6.45, 7) is 4.02. The van der Waals surface area contributed by atoms with Gasteiger partial charge in [-0.05, 0) is 36.3 Å². The van der Waals surface area contributed by atoms with E-state index in [1.165, 1.54) is 6.07 Å². The van der Waals surface area contributed by atoms with Crippen molar-refractivity contribution < 1.29 is 22.7 Å². The largest absolute Gasteiger partial charge is 0.376 e. The molecule has 1 saturated carbocycles. The molecule has 148 valence electrons. The van der Waals surface area contributed by atoms with E-state index in [1.54, 1.807) is 6.07 Å². The Balaban J connectivity index is 1.89. The number of ether oxygens (including phenoxy) is 1. The topological polar surface area (TPSA) is 128 Å². The Kier molecular flexibility index (Phi) is 5.27. The summed E-state index contributed by atoms with van der Waals surface area (Å²) >= 11 is 0. The summed E-state index contributed by atoms with van der Waals surface area (Å²) in [4.78, 5) is 28.1. The second-order valence-electron chi connectivity index (χ2n) is 7.91. The molecule has 9 heteroatoms. The van der Waals surface area contributed by atoms with E-state index in [9.17, 15) is 18.0 Å². The van der Waals surface area contributed by atoms with Gasteiger partial charge >= 0.3 is 0 Å². The third-order valence-electron chi connectivity index (χ3n) is 4.63. The molecule has 0 radical (unpaired) electrons. The highest BCUT2D eigenvalue weighted by atomic mass is 32.2. The summed E-state index contributed by atoms with van der Waals surface area (Å²) in [7, 11) is -3.60. The third kappa shape index (κ3) is 4.47. The number of carbonyl (C=O) groups is 2. The van der Waals surface area contributed by atoms with E-state index in [-0.39, 0.29) is 47.9 Å². The summed E-state index contributed by atoms with van der Waals surface area (Å²) in [5.41, 5.74) is 5.10. The first-order valence-electron chi connectivity index (χ1n) is 9.04. The first kappa shape index (κ1) is 19.8. The molecule has 3 N–H and O–H groups in total. The molecule has 0 unspecified atom stereocenters. The maximum Gasteiger partial charge on any atom is 0.270 e. The van der Waals surface area contributed by atoms with Crippen LogP contribution < -0.4 is 11.1 Å². The Morgan fingerprint density at radius 2 is 2.00 bits per heavy atom. The van der Waals surface area contributed by atoms with Crippen molar-refractivity contribution in [3.05, 3.63) is 23.4 Å². The van der Waals surface area contributed by atoms with Crippen LogP contribution in [0, 0.1) is 5.92 Å². The molecule has 2 aliphatic rings. The molecule has 8 nitrogen and oxygen atoms in total. The zero-order valence-corrected chi connectivity index (χ0v) is 16.3. The lowest BCUT2D eigenvalue weighted by Crippen LogP contribution is -2.63. The van der Waals surface area contributed by atoms with Gasteiger partial charge in [-0.3, -0.25) is 9.59 Å². The molecule has 2 heterocycles. The van der Waals surface area contributed by atoms with Gasteiger partial charge in [-0.2, -0.15) is 0 Å². The third-order valence-corrected chi connectivity index (χ3v) is 6.66. The van der Waals surface area contributed by atoms with Gasteiger partial charge in [0, 0.05) is 0 Å². The van der Waals surface area contributed by atoms with Gasteiger partial charge in [0.25, 0.3) is 5.91 Å². The molecule has 27 heavy (non-hydrogen) atoms. The summed E-state index contributed by atoms with van der Waals surface area (Å²) in [6, 6.07) is 3.22. The van der Waals surface area contributed by atoms with Crippen LogP contribution in [-0.2, 0) is 19.4 Å². The number of amides is 2. The van der Waals surface area contributed by atoms with Crippen LogP contribution in [0.4, 0.5) is 0 Å². The van der Waals surface area contributed by atoms with Gasteiger partial charge in [0.05, 0.1) is 30.9 Å². The van der Waals surface area contributed by atoms with E-state index in [4.69, 9.17) is 10.5 Å². The number of hydrogen-bond acceptors (Lipinski definition) is 6. The predicted molar refractivity (Wildman–Crippen MR) is 97.9 cm³/mol. The van der Waals surface area contributed by atoms with Gasteiger partial charge in [-0.25, -0.2) is 13.4 Å². The standard InChI is InChI=1S/C18H25N3O5S/c1-11(2)8-27(24,25)17-13(12-3-4-12)5-6-14(20-17)16(23)21-18(7-15(19)22)9-26-10-18/h5-6,11-12H,3-4,7-10H2,1-2H3,(H2,19,22)(H,21,23). The van der Waals surface area contributed by atoms with E-state index >= 15 is 0 Å². The van der Waals surface area contributed by atoms with Gasteiger partial charge < -0.3 is 15.8 Å². The second-order valence-corrected chi connectivity index (χ2v) is 9.86. The molecular formula is C18H25N3O5S. The van der Waals surface area contributed by atoms with Crippen molar-refractivity contribution in [2.75, 3.05) is 19.0 Å². The van der Waals surface area contributed by atoms with Crippen LogP contribution in [0.15, 0.2) is 17.2 Å². The minimum atomic E-state index is -3.60. The zero-order chi connectivity index (χ0) is 19.8. The summed E-state index contributed by atoms with van der Waals surface area (Å²) in [5.74, 6) is -0.969. The van der Waals surface area contributed by atoms with Crippen molar-refractivity contribution in [1.29, 1.82) is 0 Å². The lowest BCUT2D eigenvalue weighted by Gasteiger charge is -2.41. The first-order chi connectivity index (χ1) is 12.6. The number of pyridine rings is 1. The molecule has 0 aromatic carbocycles. The molecule has 1 aliphatic heterocycles. The molecular weight excluding hydrogens is 370 g/mol. The average Bonchev–Trinajstić information content (AvgIpc) is 3.35. The van der Waals surface area contributed by atoms with Gasteiger partial charge in [-0.1, -0.05) is 19.9 Å².